The van der Waals surface area contributed by atoms with Gasteiger partial charge < -0.3 is 5.73 Å². The molecule has 1 nitrogen and oxygen atoms in total. The monoisotopic (exact) mass is 178 g/mol. The van der Waals surface area contributed by atoms with Crippen molar-refractivity contribution in [2.24, 2.45) is 5.92 Å². The average Bonchev–Trinajstić information content (AvgIpc) is 2.08. The van der Waals surface area contributed by atoms with Crippen LogP contribution in [0.15, 0.2) is 24.3 Å². The molecule has 0 saturated carbocycles. The zero-order valence-corrected chi connectivity index (χ0v) is 8.72. The van der Waals surface area contributed by atoms with Crippen molar-refractivity contribution < 1.29 is 5.73 Å². The van der Waals surface area contributed by atoms with E-state index in [4.69, 9.17) is 0 Å². The molecule has 1 heteroatoms. The van der Waals surface area contributed by atoms with Crippen LogP contribution in [0.3, 0.4) is 0 Å². The molecule has 0 bridgehead atoms. The first-order chi connectivity index (χ1) is 6.20. The molecule has 3 N–H and O–H groups in total. The van der Waals surface area contributed by atoms with Crippen LogP contribution in [-0.4, -0.2) is 0 Å². The molecule has 1 rings (SSSR count). The number of benzene rings is 1. The van der Waals surface area contributed by atoms with Crippen LogP contribution in [0.2, 0.25) is 0 Å². The fourth-order valence-electron chi connectivity index (χ4n) is 1.50. The number of quaternary nitrogens is 1. The third kappa shape index (κ3) is 3.60. The van der Waals surface area contributed by atoms with Crippen molar-refractivity contribution in [1.29, 1.82) is 0 Å². The molecule has 13 heavy (non-hydrogen) atoms. The van der Waals surface area contributed by atoms with Crippen LogP contribution >= 0.6 is 0 Å². The smallest absolute Gasteiger partial charge is 0.131 e. The highest BCUT2D eigenvalue weighted by Crippen LogP contribution is 2.14. The highest BCUT2D eigenvalue weighted by atomic mass is 14.6. The van der Waals surface area contributed by atoms with Crippen molar-refractivity contribution >= 4 is 5.69 Å². The van der Waals surface area contributed by atoms with E-state index in [2.05, 4.69) is 37.8 Å². The lowest BCUT2D eigenvalue weighted by Crippen LogP contribution is -2.41. The van der Waals surface area contributed by atoms with E-state index in [1.54, 1.807) is 0 Å². The van der Waals surface area contributed by atoms with Crippen LogP contribution in [0.1, 0.15) is 32.3 Å². The van der Waals surface area contributed by atoms with Crippen molar-refractivity contribution in [1.82, 2.24) is 0 Å². The fraction of sp³-hybridized carbons (Fsp3) is 0.500. The second-order valence-corrected chi connectivity index (χ2v) is 4.05. The molecule has 0 spiro atoms. The Kier molecular flexibility index (Phi) is 3.97. The van der Waals surface area contributed by atoms with Gasteiger partial charge in [-0.1, -0.05) is 38.5 Å². The van der Waals surface area contributed by atoms with Gasteiger partial charge in [0.1, 0.15) is 5.69 Å². The highest BCUT2D eigenvalue weighted by molar-refractivity contribution is 5.37. The molecule has 0 aliphatic rings. The summed E-state index contributed by atoms with van der Waals surface area (Å²) in [6.45, 7) is 4.55. The molecule has 0 atom stereocenters. The number of hydrogen-bond donors (Lipinski definition) is 1. The predicted molar refractivity (Wildman–Crippen MR) is 56.8 cm³/mol. The van der Waals surface area contributed by atoms with Crippen molar-refractivity contribution in [3.63, 3.8) is 0 Å². The topological polar surface area (TPSA) is 27.6 Å². The molecule has 1 aromatic rings. The summed E-state index contributed by atoms with van der Waals surface area (Å²) in [5.74, 6) is 0.817. The van der Waals surface area contributed by atoms with Gasteiger partial charge in [0.15, 0.2) is 0 Å². The van der Waals surface area contributed by atoms with Gasteiger partial charge in [-0.15, -0.1) is 0 Å². The molecule has 0 aromatic heterocycles. The Bertz CT molecular complexity index is 253. The van der Waals surface area contributed by atoms with Gasteiger partial charge in [-0.2, -0.15) is 0 Å². The number of hydrogen-bond acceptors (Lipinski definition) is 0. The SMILES string of the molecule is CC(C)CCCc1ccccc1[NH3+]. The summed E-state index contributed by atoms with van der Waals surface area (Å²) in [5.41, 5.74) is 6.61. The van der Waals surface area contributed by atoms with Gasteiger partial charge in [-0.3, -0.25) is 0 Å². The van der Waals surface area contributed by atoms with Crippen LogP contribution in [0.4, 0.5) is 5.69 Å². The summed E-state index contributed by atoms with van der Waals surface area (Å²) in [7, 11) is 0. The predicted octanol–water partition coefficient (Wildman–Crippen LogP) is 2.54. The Morgan fingerprint density at radius 1 is 1.23 bits per heavy atom. The Morgan fingerprint density at radius 3 is 2.54 bits per heavy atom. The molecule has 0 unspecified atom stereocenters. The van der Waals surface area contributed by atoms with Gasteiger partial charge in [-0.25, -0.2) is 0 Å². The number of rotatable bonds is 4. The number of aryl methyl sites for hydroxylation is 1. The van der Waals surface area contributed by atoms with E-state index in [0.29, 0.717) is 0 Å². The minimum absolute atomic E-state index is 0.817. The van der Waals surface area contributed by atoms with Gasteiger partial charge in [0, 0.05) is 5.56 Å². The Morgan fingerprint density at radius 2 is 1.92 bits per heavy atom. The molecule has 0 saturated heterocycles. The van der Waals surface area contributed by atoms with E-state index in [1.807, 2.05) is 6.07 Å². The van der Waals surface area contributed by atoms with E-state index < -0.39 is 0 Å². The molecule has 0 fully saturated rings. The lowest BCUT2D eigenvalue weighted by molar-refractivity contribution is -0.255. The van der Waals surface area contributed by atoms with E-state index in [1.165, 1.54) is 30.5 Å². The summed E-state index contributed by atoms with van der Waals surface area (Å²) in [6, 6.07) is 8.42. The Balaban J connectivity index is 2.41. The lowest BCUT2D eigenvalue weighted by atomic mass is 10.0. The normalized spacial score (nSPS) is 10.8. The average molecular weight is 178 g/mol. The van der Waals surface area contributed by atoms with E-state index in [-0.39, 0.29) is 0 Å². The standard InChI is InChI=1S/C12H19N/c1-10(2)6-5-8-11-7-3-4-9-12(11)13/h3-4,7,9-10H,5-6,8,13H2,1-2H3/p+1. The van der Waals surface area contributed by atoms with Gasteiger partial charge >= 0.3 is 0 Å². The third-order valence-electron chi connectivity index (χ3n) is 2.35. The van der Waals surface area contributed by atoms with Crippen LogP contribution < -0.4 is 5.73 Å². The van der Waals surface area contributed by atoms with E-state index in [9.17, 15) is 0 Å². The van der Waals surface area contributed by atoms with Crippen LogP contribution in [0.25, 0.3) is 0 Å². The molecule has 72 valence electrons. The summed E-state index contributed by atoms with van der Waals surface area (Å²) in [5, 5.41) is 0. The minimum atomic E-state index is 0.817. The first kappa shape index (κ1) is 10.3. The highest BCUT2D eigenvalue weighted by Gasteiger charge is 2.01. The summed E-state index contributed by atoms with van der Waals surface area (Å²) in [6.07, 6.45) is 3.77. The maximum Gasteiger partial charge on any atom is 0.131 e. The molecular weight excluding hydrogens is 158 g/mol. The minimum Gasteiger partial charge on any atom is -0.325 e. The molecule has 1 aromatic carbocycles. The van der Waals surface area contributed by atoms with Crippen LogP contribution in [-0.2, 0) is 6.42 Å². The zero-order valence-electron chi connectivity index (χ0n) is 8.72. The first-order valence-corrected chi connectivity index (χ1v) is 5.10. The molecule has 0 aliphatic carbocycles. The quantitative estimate of drug-likeness (QED) is 0.734. The molecule has 0 amide bonds. The Hall–Kier alpha value is -0.820. The van der Waals surface area contributed by atoms with Gasteiger partial charge in [0.2, 0.25) is 0 Å². The summed E-state index contributed by atoms with van der Waals surface area (Å²) in [4.78, 5) is 0. The Labute approximate surface area is 81.0 Å². The molecular formula is C12H20N+. The van der Waals surface area contributed by atoms with Gasteiger partial charge in [0.25, 0.3) is 0 Å². The molecule has 0 radical (unpaired) electrons. The summed E-state index contributed by atoms with van der Waals surface area (Å²) >= 11 is 0. The maximum absolute atomic E-state index is 4.02. The molecule has 0 heterocycles. The van der Waals surface area contributed by atoms with E-state index in [0.717, 1.165) is 5.92 Å². The van der Waals surface area contributed by atoms with Crippen molar-refractivity contribution in [3.05, 3.63) is 29.8 Å². The van der Waals surface area contributed by atoms with Crippen molar-refractivity contribution in [2.75, 3.05) is 0 Å². The first-order valence-electron chi connectivity index (χ1n) is 5.10. The second-order valence-electron chi connectivity index (χ2n) is 4.05. The largest absolute Gasteiger partial charge is 0.325 e. The zero-order chi connectivity index (χ0) is 9.68. The van der Waals surface area contributed by atoms with Crippen molar-refractivity contribution in [2.45, 2.75) is 33.1 Å². The van der Waals surface area contributed by atoms with Crippen LogP contribution in [0, 0.1) is 5.92 Å². The lowest BCUT2D eigenvalue weighted by Gasteiger charge is -2.04. The van der Waals surface area contributed by atoms with Gasteiger partial charge in [0.05, 0.1) is 0 Å². The fourth-order valence-corrected chi connectivity index (χ4v) is 1.50. The molecule has 0 aliphatic heterocycles. The maximum atomic E-state index is 4.02. The third-order valence-corrected chi connectivity index (χ3v) is 2.35. The van der Waals surface area contributed by atoms with E-state index >= 15 is 0 Å². The van der Waals surface area contributed by atoms with Gasteiger partial charge in [-0.05, 0) is 24.8 Å². The van der Waals surface area contributed by atoms with Crippen molar-refractivity contribution in [3.8, 4) is 0 Å². The summed E-state index contributed by atoms with van der Waals surface area (Å²) < 4.78 is 0. The van der Waals surface area contributed by atoms with Crippen LogP contribution in [0.5, 0.6) is 0 Å². The second kappa shape index (κ2) is 5.03.